The molecule has 1 heterocycles. The Morgan fingerprint density at radius 1 is 1.15 bits per heavy atom. The molecular weight excluding hydrogens is 408 g/mol. The highest BCUT2D eigenvalue weighted by atomic mass is 79.9. The van der Waals surface area contributed by atoms with Gasteiger partial charge in [0.1, 0.15) is 5.41 Å². The number of carbonyl (C=O) groups is 2. The zero-order chi connectivity index (χ0) is 19.6. The van der Waals surface area contributed by atoms with Crippen LogP contribution in [0.4, 0.5) is 0 Å². The molecule has 0 radical (unpaired) electrons. The number of cyclic esters (lactones) is 1. The molecule has 0 aromatic heterocycles. The van der Waals surface area contributed by atoms with Crippen LogP contribution in [-0.4, -0.2) is 24.6 Å². The summed E-state index contributed by atoms with van der Waals surface area (Å²) in [5, 5.41) is 0. The molecule has 140 valence electrons. The van der Waals surface area contributed by atoms with Crippen molar-refractivity contribution >= 4 is 33.4 Å². The van der Waals surface area contributed by atoms with Crippen molar-refractivity contribution < 1.29 is 19.1 Å². The van der Waals surface area contributed by atoms with Gasteiger partial charge in [-0.25, -0.2) is 4.79 Å². The number of hydrogen-bond donors (Lipinski definition) is 0. The second kappa shape index (κ2) is 7.69. The fourth-order valence-electron chi connectivity index (χ4n) is 3.21. The second-order valence-electron chi connectivity index (χ2n) is 6.66. The molecule has 0 unspecified atom stereocenters. The van der Waals surface area contributed by atoms with Crippen LogP contribution < -0.4 is 0 Å². The van der Waals surface area contributed by atoms with E-state index < -0.39 is 23.5 Å². The van der Waals surface area contributed by atoms with Gasteiger partial charge in [-0.05, 0) is 55.7 Å². The lowest BCUT2D eigenvalue weighted by Crippen LogP contribution is -2.44. The third kappa shape index (κ3) is 3.69. The Hall–Kier alpha value is -2.40. The number of aryl methyl sites for hydroxylation is 1. The third-order valence-electron chi connectivity index (χ3n) is 4.80. The SMILES string of the molecule is CCOC(=O)[C@H]1C=C(c2ccc(Br)cc2)[C@](C)(c2ccc(C)cc2)C(=O)O1. The number of esters is 2. The molecular formula is C22H21BrO4. The molecule has 0 saturated carbocycles. The summed E-state index contributed by atoms with van der Waals surface area (Å²) in [6.45, 7) is 5.77. The number of rotatable bonds is 4. The summed E-state index contributed by atoms with van der Waals surface area (Å²) in [7, 11) is 0. The van der Waals surface area contributed by atoms with Crippen molar-refractivity contribution in [3.63, 3.8) is 0 Å². The van der Waals surface area contributed by atoms with Gasteiger partial charge in [0.05, 0.1) is 6.61 Å². The quantitative estimate of drug-likeness (QED) is 0.668. The van der Waals surface area contributed by atoms with Crippen molar-refractivity contribution in [2.24, 2.45) is 0 Å². The van der Waals surface area contributed by atoms with Crippen molar-refractivity contribution in [2.45, 2.75) is 32.3 Å². The predicted molar refractivity (Wildman–Crippen MR) is 107 cm³/mol. The van der Waals surface area contributed by atoms with Gasteiger partial charge in [0, 0.05) is 4.47 Å². The summed E-state index contributed by atoms with van der Waals surface area (Å²) in [6.07, 6.45) is 0.650. The highest BCUT2D eigenvalue weighted by Gasteiger charge is 2.47. The second-order valence-corrected chi connectivity index (χ2v) is 7.57. The molecule has 0 fully saturated rings. The van der Waals surface area contributed by atoms with Crippen molar-refractivity contribution in [3.8, 4) is 0 Å². The molecule has 2 atom stereocenters. The minimum absolute atomic E-state index is 0.226. The summed E-state index contributed by atoms with van der Waals surface area (Å²) in [6, 6.07) is 15.4. The van der Waals surface area contributed by atoms with Gasteiger partial charge >= 0.3 is 11.9 Å². The van der Waals surface area contributed by atoms with Gasteiger partial charge in [0.2, 0.25) is 6.10 Å². The summed E-state index contributed by atoms with van der Waals surface area (Å²) < 4.78 is 11.5. The fraction of sp³-hybridized carbons (Fsp3) is 0.273. The van der Waals surface area contributed by atoms with E-state index in [1.165, 1.54) is 0 Å². The number of carbonyl (C=O) groups excluding carboxylic acids is 2. The molecule has 4 nitrogen and oxygen atoms in total. The first-order chi connectivity index (χ1) is 12.9. The Morgan fingerprint density at radius 3 is 2.37 bits per heavy atom. The van der Waals surface area contributed by atoms with Gasteiger partial charge in [-0.1, -0.05) is 57.9 Å². The van der Waals surface area contributed by atoms with E-state index in [2.05, 4.69) is 15.9 Å². The van der Waals surface area contributed by atoms with Gasteiger partial charge in [-0.15, -0.1) is 0 Å². The van der Waals surface area contributed by atoms with Crippen LogP contribution in [0.5, 0.6) is 0 Å². The fourth-order valence-corrected chi connectivity index (χ4v) is 3.47. The van der Waals surface area contributed by atoms with E-state index in [1.807, 2.05) is 62.4 Å². The van der Waals surface area contributed by atoms with Gasteiger partial charge in [-0.3, -0.25) is 4.79 Å². The zero-order valence-corrected chi connectivity index (χ0v) is 17.1. The van der Waals surface area contributed by atoms with Crippen LogP contribution in [0.1, 0.15) is 30.5 Å². The average molecular weight is 429 g/mol. The third-order valence-corrected chi connectivity index (χ3v) is 5.33. The van der Waals surface area contributed by atoms with Crippen molar-refractivity contribution in [3.05, 3.63) is 75.8 Å². The Morgan fingerprint density at radius 2 is 1.78 bits per heavy atom. The lowest BCUT2D eigenvalue weighted by atomic mass is 9.71. The Balaban J connectivity index is 2.16. The van der Waals surface area contributed by atoms with Crippen LogP contribution in [-0.2, 0) is 24.5 Å². The smallest absolute Gasteiger partial charge is 0.351 e. The summed E-state index contributed by atoms with van der Waals surface area (Å²) in [5.41, 5.74) is 2.48. The molecule has 2 aromatic rings. The van der Waals surface area contributed by atoms with E-state index in [0.717, 1.165) is 26.7 Å². The van der Waals surface area contributed by atoms with Crippen molar-refractivity contribution in [1.82, 2.24) is 0 Å². The lowest BCUT2D eigenvalue weighted by molar-refractivity contribution is -0.167. The normalized spacial score (nSPS) is 22.0. The lowest BCUT2D eigenvalue weighted by Gasteiger charge is -2.36. The molecule has 0 spiro atoms. The first-order valence-corrected chi connectivity index (χ1v) is 9.58. The van der Waals surface area contributed by atoms with Crippen molar-refractivity contribution in [2.75, 3.05) is 6.61 Å². The zero-order valence-electron chi connectivity index (χ0n) is 15.5. The number of hydrogen-bond acceptors (Lipinski definition) is 4. The van der Waals surface area contributed by atoms with Crippen LogP contribution in [0, 0.1) is 6.92 Å². The molecule has 27 heavy (non-hydrogen) atoms. The number of halogens is 1. The van der Waals surface area contributed by atoms with E-state index in [1.54, 1.807) is 13.0 Å². The standard InChI is InChI=1S/C22H21BrO4/c1-4-26-20(24)19-13-18(15-7-11-17(23)12-8-15)22(3,21(25)27-19)16-9-5-14(2)6-10-16/h5-13,19H,4H2,1-3H3/t19-,22+/m1/s1. The van der Waals surface area contributed by atoms with Crippen LogP contribution in [0.25, 0.3) is 5.57 Å². The van der Waals surface area contributed by atoms with Crippen LogP contribution in [0.2, 0.25) is 0 Å². The first kappa shape index (κ1) is 19.4. The van der Waals surface area contributed by atoms with Gasteiger partial charge in [-0.2, -0.15) is 0 Å². The largest absolute Gasteiger partial charge is 0.463 e. The maximum atomic E-state index is 13.1. The summed E-state index contributed by atoms with van der Waals surface area (Å²) in [5.74, 6) is -1.03. The van der Waals surface area contributed by atoms with Gasteiger partial charge < -0.3 is 9.47 Å². The predicted octanol–water partition coefficient (Wildman–Crippen LogP) is 4.59. The van der Waals surface area contributed by atoms with Crippen molar-refractivity contribution in [1.29, 1.82) is 0 Å². The van der Waals surface area contributed by atoms with Crippen LogP contribution >= 0.6 is 15.9 Å². The van der Waals surface area contributed by atoms with Gasteiger partial charge in [0.25, 0.3) is 0 Å². The molecule has 0 bridgehead atoms. The van der Waals surface area contributed by atoms with E-state index >= 15 is 0 Å². The Kier molecular flexibility index (Phi) is 5.51. The minimum Gasteiger partial charge on any atom is -0.463 e. The maximum absolute atomic E-state index is 13.1. The molecule has 0 N–H and O–H groups in total. The molecule has 5 heteroatoms. The summed E-state index contributed by atoms with van der Waals surface area (Å²) >= 11 is 3.43. The van der Waals surface area contributed by atoms with Crippen LogP contribution in [0.3, 0.4) is 0 Å². The topological polar surface area (TPSA) is 52.6 Å². The van der Waals surface area contributed by atoms with E-state index in [4.69, 9.17) is 9.47 Å². The first-order valence-electron chi connectivity index (χ1n) is 8.79. The average Bonchev–Trinajstić information content (AvgIpc) is 2.65. The minimum atomic E-state index is -1.05. The molecule has 0 aliphatic carbocycles. The Bertz CT molecular complexity index is 884. The molecule has 0 saturated heterocycles. The van der Waals surface area contributed by atoms with E-state index in [-0.39, 0.29) is 6.61 Å². The molecule has 1 aliphatic rings. The summed E-state index contributed by atoms with van der Waals surface area (Å²) in [4.78, 5) is 25.3. The number of benzene rings is 2. The molecule has 0 amide bonds. The maximum Gasteiger partial charge on any atom is 0.351 e. The highest BCUT2D eigenvalue weighted by molar-refractivity contribution is 9.10. The Labute approximate surface area is 167 Å². The number of ether oxygens (including phenoxy) is 2. The van der Waals surface area contributed by atoms with E-state index in [0.29, 0.717) is 0 Å². The highest BCUT2D eigenvalue weighted by Crippen LogP contribution is 2.43. The molecule has 2 aromatic carbocycles. The molecule has 1 aliphatic heterocycles. The van der Waals surface area contributed by atoms with Crippen LogP contribution in [0.15, 0.2) is 59.1 Å². The van der Waals surface area contributed by atoms with E-state index in [9.17, 15) is 9.59 Å². The monoisotopic (exact) mass is 428 g/mol. The molecule has 3 rings (SSSR count). The van der Waals surface area contributed by atoms with Gasteiger partial charge in [0.15, 0.2) is 0 Å².